The second kappa shape index (κ2) is 5.00. The fourth-order valence-corrected chi connectivity index (χ4v) is 3.00. The van der Waals surface area contributed by atoms with Crippen molar-refractivity contribution in [2.75, 3.05) is 0 Å². The van der Waals surface area contributed by atoms with Gasteiger partial charge < -0.3 is 9.52 Å². The number of aromatic nitrogens is 1. The minimum Gasteiger partial charge on any atom is -0.478 e. The van der Waals surface area contributed by atoms with E-state index in [0.717, 1.165) is 21.6 Å². The van der Waals surface area contributed by atoms with Crippen molar-refractivity contribution in [3.05, 3.63) is 51.9 Å². The molecule has 3 rings (SSSR count). The summed E-state index contributed by atoms with van der Waals surface area (Å²) < 4.78 is 6.23. The predicted octanol–water partition coefficient (Wildman–Crippen LogP) is 4.57. The van der Waals surface area contributed by atoms with Gasteiger partial charge in [0.1, 0.15) is 11.5 Å². The fraction of sp³-hybridized carbons (Fsp3) is 0.125. The van der Waals surface area contributed by atoms with Gasteiger partial charge in [-0.05, 0) is 38.1 Å². The predicted molar refractivity (Wildman–Crippen MR) is 83.6 cm³/mol. The number of carboxylic acids is 1. The lowest BCUT2D eigenvalue weighted by molar-refractivity contribution is 0.0699. The van der Waals surface area contributed by atoms with E-state index < -0.39 is 5.97 Å². The van der Waals surface area contributed by atoms with Gasteiger partial charge in [-0.3, -0.25) is 0 Å². The topological polar surface area (TPSA) is 63.3 Å². The number of carbonyl (C=O) groups is 1. The maximum absolute atomic E-state index is 11.6. The third kappa shape index (κ3) is 2.34. The Morgan fingerprint density at radius 1 is 1.29 bits per heavy atom. The molecule has 0 saturated carbocycles. The van der Waals surface area contributed by atoms with E-state index in [-0.39, 0.29) is 5.56 Å². The van der Waals surface area contributed by atoms with Crippen molar-refractivity contribution in [3.63, 3.8) is 0 Å². The molecule has 106 valence electrons. The lowest BCUT2D eigenvalue weighted by Gasteiger charge is -2.07. The van der Waals surface area contributed by atoms with E-state index in [1.165, 1.54) is 0 Å². The molecule has 3 aromatic rings. The van der Waals surface area contributed by atoms with Crippen molar-refractivity contribution < 1.29 is 14.3 Å². The quantitative estimate of drug-likeness (QED) is 0.738. The smallest absolute Gasteiger partial charge is 0.336 e. The summed E-state index contributed by atoms with van der Waals surface area (Å²) in [6.07, 6.45) is 0. The summed E-state index contributed by atoms with van der Waals surface area (Å²) >= 11 is 3.39. The summed E-state index contributed by atoms with van der Waals surface area (Å²) in [6, 6.07) is 8.91. The van der Waals surface area contributed by atoms with Crippen molar-refractivity contribution in [1.82, 2.24) is 4.98 Å². The van der Waals surface area contributed by atoms with Crippen LogP contribution >= 0.6 is 15.9 Å². The highest BCUT2D eigenvalue weighted by Crippen LogP contribution is 2.32. The zero-order valence-electron chi connectivity index (χ0n) is 11.5. The molecule has 0 amide bonds. The lowest BCUT2D eigenvalue weighted by atomic mass is 10.0. The zero-order chi connectivity index (χ0) is 15.1. The Hall–Kier alpha value is -2.14. The summed E-state index contributed by atoms with van der Waals surface area (Å²) in [5.41, 5.74) is 2.28. The van der Waals surface area contributed by atoms with E-state index >= 15 is 0 Å². The SMILES string of the molecule is Cc1cc(-c2cc(C(=O)O)c3c(Br)cccc3n2)c(C)o1. The van der Waals surface area contributed by atoms with Gasteiger partial charge in [0.2, 0.25) is 0 Å². The number of benzene rings is 1. The Labute approximate surface area is 129 Å². The van der Waals surface area contributed by atoms with E-state index in [2.05, 4.69) is 20.9 Å². The normalized spacial score (nSPS) is 11.0. The summed E-state index contributed by atoms with van der Waals surface area (Å²) in [6.45, 7) is 3.70. The maximum atomic E-state index is 11.6. The zero-order valence-corrected chi connectivity index (χ0v) is 13.1. The number of rotatable bonds is 2. The van der Waals surface area contributed by atoms with Gasteiger partial charge in [-0.25, -0.2) is 9.78 Å². The fourth-order valence-electron chi connectivity index (χ4n) is 2.44. The summed E-state index contributed by atoms with van der Waals surface area (Å²) in [5.74, 6) is 0.523. The van der Waals surface area contributed by atoms with Crippen LogP contribution in [0.2, 0.25) is 0 Å². The molecule has 0 aliphatic carbocycles. The highest BCUT2D eigenvalue weighted by atomic mass is 79.9. The summed E-state index contributed by atoms with van der Waals surface area (Å²) in [5, 5.41) is 10.1. The third-order valence-electron chi connectivity index (χ3n) is 3.33. The molecule has 0 fully saturated rings. The van der Waals surface area contributed by atoms with Crippen LogP contribution in [0.25, 0.3) is 22.2 Å². The molecule has 0 radical (unpaired) electrons. The van der Waals surface area contributed by atoms with Crippen LogP contribution in [0.3, 0.4) is 0 Å². The monoisotopic (exact) mass is 345 g/mol. The Morgan fingerprint density at radius 2 is 2.05 bits per heavy atom. The van der Waals surface area contributed by atoms with Crippen LogP contribution in [0.5, 0.6) is 0 Å². The van der Waals surface area contributed by atoms with Gasteiger partial charge >= 0.3 is 5.97 Å². The van der Waals surface area contributed by atoms with E-state index in [1.54, 1.807) is 12.1 Å². The number of hydrogen-bond donors (Lipinski definition) is 1. The average Bonchev–Trinajstić information content (AvgIpc) is 2.76. The largest absolute Gasteiger partial charge is 0.478 e. The molecule has 1 N–H and O–H groups in total. The second-order valence-electron chi connectivity index (χ2n) is 4.82. The summed E-state index contributed by atoms with van der Waals surface area (Å²) in [4.78, 5) is 16.1. The molecule has 5 heteroatoms. The van der Waals surface area contributed by atoms with Crippen LogP contribution in [-0.2, 0) is 0 Å². The number of fused-ring (bicyclic) bond motifs is 1. The van der Waals surface area contributed by atoms with Gasteiger partial charge in [0.05, 0.1) is 16.8 Å². The molecule has 2 aromatic heterocycles. The van der Waals surface area contributed by atoms with Gasteiger partial charge in [-0.15, -0.1) is 0 Å². The Kier molecular flexibility index (Phi) is 3.29. The number of nitrogens with zero attached hydrogens (tertiary/aromatic N) is 1. The first-order chi connectivity index (χ1) is 9.97. The van der Waals surface area contributed by atoms with E-state index in [0.29, 0.717) is 16.6 Å². The number of aryl methyl sites for hydroxylation is 2. The number of furan rings is 1. The van der Waals surface area contributed by atoms with Crippen LogP contribution in [-0.4, -0.2) is 16.1 Å². The molecule has 0 spiro atoms. The molecule has 0 unspecified atom stereocenters. The van der Waals surface area contributed by atoms with E-state index in [1.807, 2.05) is 32.0 Å². The number of aromatic carboxylic acids is 1. The van der Waals surface area contributed by atoms with Crippen LogP contribution in [0.15, 0.2) is 39.2 Å². The molecule has 0 aliphatic rings. The summed E-state index contributed by atoms with van der Waals surface area (Å²) in [7, 11) is 0. The van der Waals surface area contributed by atoms with Crippen LogP contribution in [0, 0.1) is 13.8 Å². The van der Waals surface area contributed by atoms with Gasteiger partial charge in [0, 0.05) is 15.4 Å². The van der Waals surface area contributed by atoms with Crippen molar-refractivity contribution in [3.8, 4) is 11.3 Å². The number of halogens is 1. The van der Waals surface area contributed by atoms with Gasteiger partial charge in [0.25, 0.3) is 0 Å². The first-order valence-corrected chi connectivity index (χ1v) is 7.16. The van der Waals surface area contributed by atoms with Crippen molar-refractivity contribution in [2.45, 2.75) is 13.8 Å². The highest BCUT2D eigenvalue weighted by molar-refractivity contribution is 9.10. The molecule has 0 atom stereocenters. The van der Waals surface area contributed by atoms with Crippen LogP contribution < -0.4 is 0 Å². The molecular formula is C16H12BrNO3. The minimum atomic E-state index is -0.978. The average molecular weight is 346 g/mol. The Balaban J connectivity index is 2.36. The number of carboxylic acid groups (broad SMARTS) is 1. The van der Waals surface area contributed by atoms with Crippen LogP contribution in [0.4, 0.5) is 0 Å². The first-order valence-electron chi connectivity index (χ1n) is 6.37. The van der Waals surface area contributed by atoms with Crippen LogP contribution in [0.1, 0.15) is 21.9 Å². The van der Waals surface area contributed by atoms with E-state index in [9.17, 15) is 9.90 Å². The molecule has 1 aromatic carbocycles. The van der Waals surface area contributed by atoms with Crippen molar-refractivity contribution >= 4 is 32.8 Å². The van der Waals surface area contributed by atoms with Crippen molar-refractivity contribution in [1.29, 1.82) is 0 Å². The molecule has 4 nitrogen and oxygen atoms in total. The van der Waals surface area contributed by atoms with E-state index in [4.69, 9.17) is 4.42 Å². The molecule has 2 heterocycles. The standard InChI is InChI=1S/C16H12BrNO3/c1-8-6-10(9(2)21-8)14-7-11(16(19)20)15-12(17)4-3-5-13(15)18-14/h3-7H,1-2H3,(H,19,20). The van der Waals surface area contributed by atoms with Gasteiger partial charge in [-0.2, -0.15) is 0 Å². The number of hydrogen-bond acceptors (Lipinski definition) is 3. The first kappa shape index (κ1) is 13.8. The molecule has 0 saturated heterocycles. The molecule has 0 bridgehead atoms. The Morgan fingerprint density at radius 3 is 2.67 bits per heavy atom. The van der Waals surface area contributed by atoms with Gasteiger partial charge in [-0.1, -0.05) is 22.0 Å². The maximum Gasteiger partial charge on any atom is 0.336 e. The van der Waals surface area contributed by atoms with Gasteiger partial charge in [0.15, 0.2) is 0 Å². The van der Waals surface area contributed by atoms with Crippen molar-refractivity contribution in [2.24, 2.45) is 0 Å². The lowest BCUT2D eigenvalue weighted by Crippen LogP contribution is -2.01. The second-order valence-corrected chi connectivity index (χ2v) is 5.68. The highest BCUT2D eigenvalue weighted by Gasteiger charge is 2.17. The third-order valence-corrected chi connectivity index (χ3v) is 3.99. The number of pyridine rings is 1. The molecule has 21 heavy (non-hydrogen) atoms. The Bertz CT molecular complexity index is 867. The molecule has 0 aliphatic heterocycles. The molecular weight excluding hydrogens is 334 g/mol. The minimum absolute atomic E-state index is 0.223.